The van der Waals surface area contributed by atoms with Crippen molar-refractivity contribution in [2.75, 3.05) is 26.4 Å². The van der Waals surface area contributed by atoms with E-state index in [1.165, 1.54) is 77.0 Å². The number of carbonyl (C=O) groups excluding carboxylic acids is 2. The van der Waals surface area contributed by atoms with Gasteiger partial charge in [-0.15, -0.1) is 0 Å². The third kappa shape index (κ3) is 30.2. The number of esters is 1. The highest BCUT2D eigenvalue weighted by Crippen LogP contribution is 2.42. The summed E-state index contributed by atoms with van der Waals surface area (Å²) in [6.45, 7) is 3.46. The van der Waals surface area contributed by atoms with Gasteiger partial charge in [0.15, 0.2) is 0 Å². The number of ether oxygens (including phenoxy) is 1. The second-order valence-electron chi connectivity index (χ2n) is 11.1. The molecule has 10 heteroatoms. The molecule has 0 aromatic heterocycles. The number of aliphatic hydroxyl groups excluding tert-OH is 1. The molecule has 2 atom stereocenters. The largest absolute Gasteiger partial charge is 0.472 e. The standard InChI is InChI=1S/C32H62NO8P/c1-3-5-7-9-11-12-13-14-15-16-17-19-20-22-24-31(35)33-26-27-40-42(37,38)41-29-30(34)28-39-32(36)25-23-21-18-10-8-6-4-2/h13-14,30,34H,3-12,15-29H2,1-2H3,(H,33,35)(H,37,38)/b14-13-. The van der Waals surface area contributed by atoms with Gasteiger partial charge in [-0.1, -0.05) is 109 Å². The number of aliphatic hydroxyl groups is 1. The maximum Gasteiger partial charge on any atom is 0.472 e. The van der Waals surface area contributed by atoms with Crippen LogP contribution in [0.25, 0.3) is 0 Å². The van der Waals surface area contributed by atoms with E-state index in [1.54, 1.807) is 0 Å². The third-order valence-electron chi connectivity index (χ3n) is 6.95. The van der Waals surface area contributed by atoms with E-state index < -0.39 is 26.5 Å². The lowest BCUT2D eigenvalue weighted by molar-refractivity contribution is -0.147. The molecule has 9 nitrogen and oxygen atoms in total. The van der Waals surface area contributed by atoms with Crippen molar-refractivity contribution in [1.29, 1.82) is 0 Å². The molecule has 0 saturated heterocycles. The van der Waals surface area contributed by atoms with E-state index in [0.717, 1.165) is 44.9 Å². The molecule has 0 fully saturated rings. The van der Waals surface area contributed by atoms with Crippen LogP contribution in [0.4, 0.5) is 0 Å². The van der Waals surface area contributed by atoms with Crippen LogP contribution < -0.4 is 5.32 Å². The van der Waals surface area contributed by atoms with Crippen LogP contribution >= 0.6 is 7.82 Å². The number of carbonyl (C=O) groups is 2. The zero-order valence-corrected chi connectivity index (χ0v) is 27.6. The summed E-state index contributed by atoms with van der Waals surface area (Å²) in [7, 11) is -4.40. The number of nitrogens with one attached hydrogen (secondary N) is 1. The van der Waals surface area contributed by atoms with E-state index in [-0.39, 0.29) is 32.1 Å². The molecule has 0 aliphatic carbocycles. The highest BCUT2D eigenvalue weighted by molar-refractivity contribution is 7.47. The van der Waals surface area contributed by atoms with E-state index >= 15 is 0 Å². The van der Waals surface area contributed by atoms with Crippen LogP contribution in [0.2, 0.25) is 0 Å². The summed E-state index contributed by atoms with van der Waals surface area (Å²) in [6, 6.07) is 0. The average Bonchev–Trinajstić information content (AvgIpc) is 2.97. The molecule has 0 rings (SSSR count). The molecular formula is C32H62NO8P. The summed E-state index contributed by atoms with van der Waals surface area (Å²) in [5.74, 6) is -0.531. The smallest absolute Gasteiger partial charge is 0.463 e. The first-order chi connectivity index (χ1) is 20.3. The Labute approximate surface area is 256 Å². The minimum absolute atomic E-state index is 0.0798. The van der Waals surface area contributed by atoms with Crippen LogP contribution in [-0.4, -0.2) is 54.3 Å². The van der Waals surface area contributed by atoms with Crippen molar-refractivity contribution in [3.05, 3.63) is 12.2 Å². The average molecular weight is 620 g/mol. The zero-order chi connectivity index (χ0) is 31.2. The van der Waals surface area contributed by atoms with Crippen molar-refractivity contribution in [3.8, 4) is 0 Å². The van der Waals surface area contributed by atoms with Crippen molar-refractivity contribution in [3.63, 3.8) is 0 Å². The number of allylic oxidation sites excluding steroid dienone is 2. The van der Waals surface area contributed by atoms with Crippen molar-refractivity contribution in [2.24, 2.45) is 0 Å². The topological polar surface area (TPSA) is 131 Å². The van der Waals surface area contributed by atoms with E-state index in [2.05, 4.69) is 31.3 Å². The maximum atomic E-state index is 12.0. The molecule has 0 aromatic rings. The first-order valence-corrected chi connectivity index (χ1v) is 18.2. The summed E-state index contributed by atoms with van der Waals surface area (Å²) >= 11 is 0. The predicted molar refractivity (Wildman–Crippen MR) is 169 cm³/mol. The number of rotatable bonds is 31. The van der Waals surface area contributed by atoms with Gasteiger partial charge in [-0.25, -0.2) is 4.57 Å². The molecule has 248 valence electrons. The Morgan fingerprint density at radius 2 is 1.21 bits per heavy atom. The molecule has 3 N–H and O–H groups in total. The molecule has 0 aliphatic rings. The number of hydrogen-bond donors (Lipinski definition) is 3. The molecule has 2 unspecified atom stereocenters. The van der Waals surface area contributed by atoms with Gasteiger partial charge in [0, 0.05) is 19.4 Å². The summed E-state index contributed by atoms with van der Waals surface area (Å²) in [5.41, 5.74) is 0. The minimum atomic E-state index is -4.40. The summed E-state index contributed by atoms with van der Waals surface area (Å²) < 4.78 is 26.6. The Kier molecular flexibility index (Phi) is 28.9. The van der Waals surface area contributed by atoms with Crippen LogP contribution in [0.1, 0.15) is 149 Å². The van der Waals surface area contributed by atoms with E-state index in [1.807, 2.05) is 0 Å². The van der Waals surface area contributed by atoms with Crippen LogP contribution in [-0.2, 0) is 27.9 Å². The van der Waals surface area contributed by atoms with Gasteiger partial charge in [-0.2, -0.15) is 0 Å². The number of phosphoric acid groups is 1. The van der Waals surface area contributed by atoms with Gasteiger partial charge in [-0.05, 0) is 38.5 Å². The molecule has 0 spiro atoms. The fourth-order valence-electron chi connectivity index (χ4n) is 4.37. The molecule has 0 saturated carbocycles. The molecule has 0 radical (unpaired) electrons. The SMILES string of the molecule is CCCCCCC/C=C\CCCCCCCC(=O)NCCOP(=O)(O)OCC(O)COC(=O)CCCCCCCCC. The normalized spacial score (nSPS) is 13.7. The lowest BCUT2D eigenvalue weighted by atomic mass is 10.1. The fourth-order valence-corrected chi connectivity index (χ4v) is 5.13. The Morgan fingerprint density at radius 3 is 1.79 bits per heavy atom. The Bertz CT molecular complexity index is 719. The van der Waals surface area contributed by atoms with Crippen LogP contribution in [0, 0.1) is 0 Å². The van der Waals surface area contributed by atoms with Crippen LogP contribution in [0.15, 0.2) is 12.2 Å². The van der Waals surface area contributed by atoms with Crippen LogP contribution in [0.3, 0.4) is 0 Å². The van der Waals surface area contributed by atoms with E-state index in [0.29, 0.717) is 6.42 Å². The Balaban J connectivity index is 3.64. The Morgan fingerprint density at radius 1 is 0.714 bits per heavy atom. The highest BCUT2D eigenvalue weighted by atomic mass is 31.2. The lowest BCUT2D eigenvalue weighted by Crippen LogP contribution is -2.27. The van der Waals surface area contributed by atoms with E-state index in [4.69, 9.17) is 13.8 Å². The minimum Gasteiger partial charge on any atom is -0.463 e. The molecule has 1 amide bonds. The van der Waals surface area contributed by atoms with Crippen molar-refractivity contribution in [2.45, 2.75) is 155 Å². The first kappa shape index (κ1) is 40.8. The fraction of sp³-hybridized carbons (Fsp3) is 0.875. The third-order valence-corrected chi connectivity index (χ3v) is 7.93. The lowest BCUT2D eigenvalue weighted by Gasteiger charge is -2.15. The first-order valence-electron chi connectivity index (χ1n) is 16.7. The molecule has 42 heavy (non-hydrogen) atoms. The zero-order valence-electron chi connectivity index (χ0n) is 26.7. The second kappa shape index (κ2) is 29.8. The molecule has 0 heterocycles. The van der Waals surface area contributed by atoms with E-state index in [9.17, 15) is 24.2 Å². The molecule has 0 aliphatic heterocycles. The van der Waals surface area contributed by atoms with Gasteiger partial charge in [0.25, 0.3) is 0 Å². The summed E-state index contributed by atoms with van der Waals surface area (Å²) in [5, 5.41) is 12.5. The van der Waals surface area contributed by atoms with Crippen LogP contribution in [0.5, 0.6) is 0 Å². The Hall–Kier alpha value is -1.25. The van der Waals surface area contributed by atoms with Gasteiger partial charge in [-0.3, -0.25) is 18.6 Å². The number of phosphoric ester groups is 1. The van der Waals surface area contributed by atoms with Gasteiger partial charge < -0.3 is 20.1 Å². The maximum absolute atomic E-state index is 12.0. The van der Waals surface area contributed by atoms with Crippen molar-refractivity contribution < 1.29 is 37.9 Å². The van der Waals surface area contributed by atoms with Gasteiger partial charge in [0.05, 0.1) is 13.2 Å². The van der Waals surface area contributed by atoms with Crippen molar-refractivity contribution in [1.82, 2.24) is 5.32 Å². The summed E-state index contributed by atoms with van der Waals surface area (Å²) in [4.78, 5) is 33.5. The molecule has 0 aromatic carbocycles. The van der Waals surface area contributed by atoms with Gasteiger partial charge in [0.2, 0.25) is 5.91 Å². The number of hydrogen-bond acceptors (Lipinski definition) is 7. The molecule has 0 bridgehead atoms. The predicted octanol–water partition coefficient (Wildman–Crippen LogP) is 7.93. The molecular weight excluding hydrogens is 557 g/mol. The second-order valence-corrected chi connectivity index (χ2v) is 12.6. The van der Waals surface area contributed by atoms with Gasteiger partial charge in [0.1, 0.15) is 12.7 Å². The number of unbranched alkanes of at least 4 members (excludes halogenated alkanes) is 16. The monoisotopic (exact) mass is 619 g/mol. The quantitative estimate of drug-likeness (QED) is 0.0309. The van der Waals surface area contributed by atoms with Crippen molar-refractivity contribution >= 4 is 19.7 Å². The highest BCUT2D eigenvalue weighted by Gasteiger charge is 2.23. The number of amides is 1. The summed E-state index contributed by atoms with van der Waals surface area (Å²) in [6.07, 6.45) is 25.9. The van der Waals surface area contributed by atoms with Gasteiger partial charge >= 0.3 is 13.8 Å².